The normalized spacial score (nSPS) is 11.6. The van der Waals surface area contributed by atoms with Crippen molar-refractivity contribution in [2.45, 2.75) is 17.6 Å². The van der Waals surface area contributed by atoms with Gasteiger partial charge in [0, 0.05) is 10.7 Å². The fraction of sp³-hybridized carbons (Fsp3) is 0.143. The van der Waals surface area contributed by atoms with Gasteiger partial charge in [-0.05, 0) is 48.4 Å². The summed E-state index contributed by atoms with van der Waals surface area (Å²) in [6.45, 7) is 1.68. The molecule has 0 heterocycles. The van der Waals surface area contributed by atoms with Gasteiger partial charge in [-0.2, -0.15) is 0 Å². The van der Waals surface area contributed by atoms with Crippen molar-refractivity contribution in [2.24, 2.45) is 0 Å². The molecule has 2 N–H and O–H groups in total. The molecule has 0 radical (unpaired) electrons. The number of hydrogen-bond acceptors (Lipinski definition) is 3. The van der Waals surface area contributed by atoms with Gasteiger partial charge in [0.15, 0.2) is 9.84 Å². The third-order valence-electron chi connectivity index (χ3n) is 2.89. The van der Waals surface area contributed by atoms with Crippen LogP contribution in [0.5, 0.6) is 0 Å². The first kappa shape index (κ1) is 14.8. The molecule has 0 aromatic heterocycles. The maximum Gasteiger partial charge on any atom is 0.182 e. The minimum atomic E-state index is -3.56. The summed E-state index contributed by atoms with van der Waals surface area (Å²) in [6, 6.07) is 8.26. The van der Waals surface area contributed by atoms with Crippen LogP contribution < -0.4 is 5.73 Å². The second-order valence-corrected chi connectivity index (χ2v) is 6.88. The summed E-state index contributed by atoms with van der Waals surface area (Å²) in [6.07, 6.45) is 0. The monoisotopic (exact) mass is 313 g/mol. The predicted molar refractivity (Wildman–Crippen MR) is 77.9 cm³/mol. The van der Waals surface area contributed by atoms with E-state index in [1.54, 1.807) is 13.0 Å². The van der Waals surface area contributed by atoms with Crippen molar-refractivity contribution in [2.75, 3.05) is 5.73 Å². The minimum Gasteiger partial charge on any atom is -0.399 e. The molecule has 6 heteroatoms. The van der Waals surface area contributed by atoms with Gasteiger partial charge in [0.1, 0.15) is 5.82 Å². The van der Waals surface area contributed by atoms with Crippen LogP contribution in [-0.4, -0.2) is 8.42 Å². The Balaban J connectivity index is 2.41. The number of sulfone groups is 1. The van der Waals surface area contributed by atoms with Gasteiger partial charge >= 0.3 is 0 Å². The Morgan fingerprint density at radius 2 is 1.90 bits per heavy atom. The van der Waals surface area contributed by atoms with Crippen LogP contribution >= 0.6 is 11.6 Å². The van der Waals surface area contributed by atoms with E-state index in [0.717, 1.165) is 6.07 Å². The molecule has 0 atom stereocenters. The lowest BCUT2D eigenvalue weighted by molar-refractivity contribution is 0.594. The average Bonchev–Trinajstić information content (AvgIpc) is 2.32. The Kier molecular flexibility index (Phi) is 4.01. The summed E-state index contributed by atoms with van der Waals surface area (Å²) in [5, 5.41) is 0.0988. The molecule has 0 amide bonds. The van der Waals surface area contributed by atoms with Gasteiger partial charge in [-0.15, -0.1) is 0 Å². The van der Waals surface area contributed by atoms with Crippen molar-refractivity contribution in [3.8, 4) is 0 Å². The number of nitrogens with two attached hydrogens (primary N) is 1. The minimum absolute atomic E-state index is 0.0988. The molecule has 0 spiro atoms. The van der Waals surface area contributed by atoms with Crippen LogP contribution in [0.25, 0.3) is 0 Å². The Hall–Kier alpha value is -1.59. The third-order valence-corrected chi connectivity index (χ3v) is 5.07. The lowest BCUT2D eigenvalue weighted by Gasteiger charge is -2.09. The van der Waals surface area contributed by atoms with E-state index >= 15 is 0 Å². The smallest absolute Gasteiger partial charge is 0.182 e. The first-order valence-electron chi connectivity index (χ1n) is 5.82. The number of anilines is 1. The molecule has 106 valence electrons. The molecule has 0 fully saturated rings. The molecule has 0 aliphatic rings. The van der Waals surface area contributed by atoms with Crippen LogP contribution in [0.3, 0.4) is 0 Å². The van der Waals surface area contributed by atoms with Crippen molar-refractivity contribution in [1.29, 1.82) is 0 Å². The first-order valence-corrected chi connectivity index (χ1v) is 7.85. The Morgan fingerprint density at radius 1 is 1.20 bits per heavy atom. The fourth-order valence-electron chi connectivity index (χ4n) is 1.94. The van der Waals surface area contributed by atoms with Gasteiger partial charge in [0.25, 0.3) is 0 Å². The first-order chi connectivity index (χ1) is 9.29. The van der Waals surface area contributed by atoms with Gasteiger partial charge in [-0.3, -0.25) is 0 Å². The molecule has 0 aliphatic carbocycles. The van der Waals surface area contributed by atoms with Crippen LogP contribution in [0.15, 0.2) is 41.3 Å². The van der Waals surface area contributed by atoms with Gasteiger partial charge < -0.3 is 5.73 Å². The Morgan fingerprint density at radius 3 is 2.50 bits per heavy atom. The summed E-state index contributed by atoms with van der Waals surface area (Å²) >= 11 is 5.86. The highest BCUT2D eigenvalue weighted by Crippen LogP contribution is 2.25. The molecule has 2 rings (SSSR count). The van der Waals surface area contributed by atoms with Gasteiger partial charge in [-0.25, -0.2) is 12.8 Å². The van der Waals surface area contributed by atoms with E-state index in [1.807, 2.05) is 0 Å². The van der Waals surface area contributed by atoms with E-state index < -0.39 is 15.7 Å². The fourth-order valence-corrected chi connectivity index (χ4v) is 3.90. The van der Waals surface area contributed by atoms with Crippen LogP contribution in [-0.2, 0) is 15.6 Å². The molecule has 0 unspecified atom stereocenters. The number of nitrogen functional groups attached to an aromatic ring is 1. The zero-order valence-electron chi connectivity index (χ0n) is 10.7. The molecule has 0 saturated heterocycles. The summed E-state index contributed by atoms with van der Waals surface area (Å²) < 4.78 is 37.7. The molecular formula is C14H13ClFNO2S. The summed E-state index contributed by atoms with van der Waals surface area (Å²) in [5.74, 6) is -0.781. The topological polar surface area (TPSA) is 60.2 Å². The quantitative estimate of drug-likeness (QED) is 0.884. The van der Waals surface area contributed by atoms with E-state index in [0.29, 0.717) is 16.8 Å². The van der Waals surface area contributed by atoms with Crippen LogP contribution in [0.1, 0.15) is 11.1 Å². The van der Waals surface area contributed by atoms with Crippen LogP contribution in [0.4, 0.5) is 10.1 Å². The maximum absolute atomic E-state index is 13.0. The number of halogens is 2. The molecule has 20 heavy (non-hydrogen) atoms. The van der Waals surface area contributed by atoms with E-state index in [9.17, 15) is 12.8 Å². The third kappa shape index (κ3) is 3.11. The second-order valence-electron chi connectivity index (χ2n) is 4.52. The Labute approximate surface area is 122 Å². The highest BCUT2D eigenvalue weighted by atomic mass is 35.5. The molecule has 2 aromatic carbocycles. The molecule has 0 saturated carbocycles. The summed E-state index contributed by atoms with van der Waals surface area (Å²) in [4.78, 5) is 0.201. The van der Waals surface area contributed by atoms with Gasteiger partial charge in [-0.1, -0.05) is 17.7 Å². The SMILES string of the molecule is Cc1cc(N)ccc1S(=O)(=O)Cc1ccc(F)cc1Cl. The number of benzene rings is 2. The van der Waals surface area contributed by atoms with Crippen molar-refractivity contribution >= 4 is 27.1 Å². The molecule has 3 nitrogen and oxygen atoms in total. The standard InChI is InChI=1S/C14H13ClFNO2S/c1-9-6-12(17)4-5-14(9)20(18,19)8-10-2-3-11(16)7-13(10)15/h2-7H,8,17H2,1H3. The number of rotatable bonds is 3. The van der Waals surface area contributed by atoms with E-state index in [2.05, 4.69) is 0 Å². The Bertz CT molecular complexity index is 760. The largest absolute Gasteiger partial charge is 0.399 e. The van der Waals surface area contributed by atoms with Gasteiger partial charge in [0.05, 0.1) is 10.6 Å². The summed E-state index contributed by atoms with van der Waals surface area (Å²) in [7, 11) is -3.56. The zero-order valence-corrected chi connectivity index (χ0v) is 12.3. The van der Waals surface area contributed by atoms with Crippen LogP contribution in [0.2, 0.25) is 5.02 Å². The van der Waals surface area contributed by atoms with E-state index in [1.165, 1.54) is 24.3 Å². The zero-order chi connectivity index (χ0) is 14.9. The molecular weight excluding hydrogens is 301 g/mol. The van der Waals surface area contributed by atoms with Crippen molar-refractivity contribution in [1.82, 2.24) is 0 Å². The summed E-state index contributed by atoms with van der Waals surface area (Å²) in [5.41, 5.74) is 7.05. The highest BCUT2D eigenvalue weighted by Gasteiger charge is 2.19. The van der Waals surface area contributed by atoms with Crippen molar-refractivity contribution in [3.05, 3.63) is 58.4 Å². The second kappa shape index (κ2) is 5.42. The average molecular weight is 314 g/mol. The van der Waals surface area contributed by atoms with Crippen molar-refractivity contribution in [3.63, 3.8) is 0 Å². The predicted octanol–water partition coefficient (Wildman–Crippen LogP) is 3.34. The highest BCUT2D eigenvalue weighted by molar-refractivity contribution is 7.90. The van der Waals surface area contributed by atoms with Gasteiger partial charge in [0.2, 0.25) is 0 Å². The molecule has 0 bridgehead atoms. The number of aryl methyl sites for hydroxylation is 1. The lowest BCUT2D eigenvalue weighted by atomic mass is 10.2. The maximum atomic E-state index is 13.0. The molecule has 2 aromatic rings. The van der Waals surface area contributed by atoms with E-state index in [4.69, 9.17) is 17.3 Å². The number of hydrogen-bond donors (Lipinski definition) is 1. The van der Waals surface area contributed by atoms with Crippen molar-refractivity contribution < 1.29 is 12.8 Å². The lowest BCUT2D eigenvalue weighted by Crippen LogP contribution is -2.07. The van der Waals surface area contributed by atoms with E-state index in [-0.39, 0.29) is 15.7 Å². The van der Waals surface area contributed by atoms with Crippen LogP contribution in [0, 0.1) is 12.7 Å². The molecule has 0 aliphatic heterocycles.